The number of piperidine rings is 1. The lowest BCUT2D eigenvalue weighted by molar-refractivity contribution is 0.0893. The van der Waals surface area contributed by atoms with Crippen LogP contribution < -0.4 is 10.2 Å². The Kier molecular flexibility index (Phi) is 5.62. The molecule has 0 radical (unpaired) electrons. The Hall–Kier alpha value is -3.12. The van der Waals surface area contributed by atoms with Gasteiger partial charge in [0.25, 0.3) is 5.91 Å². The first-order valence-corrected chi connectivity index (χ1v) is 9.76. The molecule has 1 aliphatic heterocycles. The monoisotopic (exact) mass is 393 g/mol. The molecule has 0 saturated carbocycles. The largest absolute Gasteiger partial charge is 0.380 e. The van der Waals surface area contributed by atoms with Crippen molar-refractivity contribution in [3.63, 3.8) is 0 Å². The number of methoxy groups -OCH3 is 1. The van der Waals surface area contributed by atoms with Crippen molar-refractivity contribution >= 4 is 17.3 Å². The molecule has 150 valence electrons. The van der Waals surface area contributed by atoms with Crippen LogP contribution in [0.25, 0.3) is 11.1 Å². The third-order valence-electron chi connectivity index (χ3n) is 5.31. The van der Waals surface area contributed by atoms with Gasteiger partial charge in [-0.3, -0.25) is 4.79 Å². The number of nitrogens with zero attached hydrogens (tertiary/aromatic N) is 1. The van der Waals surface area contributed by atoms with Crippen molar-refractivity contribution in [1.29, 1.82) is 0 Å². The summed E-state index contributed by atoms with van der Waals surface area (Å²) in [6.07, 6.45) is 4.22. The highest BCUT2D eigenvalue weighted by atomic mass is 19.1. The number of rotatable bonds is 5. The van der Waals surface area contributed by atoms with Gasteiger partial charge in [-0.05, 0) is 66.4 Å². The van der Waals surface area contributed by atoms with Crippen LogP contribution in [0.2, 0.25) is 0 Å². The maximum absolute atomic E-state index is 13.1. The van der Waals surface area contributed by atoms with Gasteiger partial charge in [0.2, 0.25) is 0 Å². The number of aromatic amines is 1. The van der Waals surface area contributed by atoms with Crippen molar-refractivity contribution in [2.45, 2.75) is 18.9 Å². The van der Waals surface area contributed by atoms with Crippen LogP contribution in [0.1, 0.15) is 23.3 Å². The highest BCUT2D eigenvalue weighted by Crippen LogP contribution is 2.24. The summed E-state index contributed by atoms with van der Waals surface area (Å²) < 4.78 is 18.6. The molecule has 6 heteroatoms. The molecule has 1 fully saturated rings. The molecule has 29 heavy (non-hydrogen) atoms. The molecule has 0 spiro atoms. The highest BCUT2D eigenvalue weighted by molar-refractivity contribution is 6.03. The number of hydrogen-bond donors (Lipinski definition) is 2. The molecule has 0 aliphatic carbocycles. The van der Waals surface area contributed by atoms with Gasteiger partial charge in [0.1, 0.15) is 11.5 Å². The first-order valence-electron chi connectivity index (χ1n) is 9.76. The quantitative estimate of drug-likeness (QED) is 0.661. The molecular formula is C23H24FN3O2. The van der Waals surface area contributed by atoms with Crippen molar-refractivity contribution in [2.24, 2.45) is 0 Å². The maximum Gasteiger partial charge on any atom is 0.272 e. The lowest BCUT2D eigenvalue weighted by Crippen LogP contribution is -2.39. The number of carbonyl (C=O) groups is 1. The second-order valence-electron chi connectivity index (χ2n) is 7.26. The van der Waals surface area contributed by atoms with E-state index in [0.29, 0.717) is 5.69 Å². The first-order chi connectivity index (χ1) is 14.1. The average Bonchev–Trinajstić information content (AvgIpc) is 3.25. The first kappa shape index (κ1) is 19.2. The van der Waals surface area contributed by atoms with E-state index in [1.165, 1.54) is 12.1 Å². The van der Waals surface area contributed by atoms with Crippen LogP contribution in [-0.2, 0) is 4.74 Å². The summed E-state index contributed by atoms with van der Waals surface area (Å²) in [5, 5.41) is 2.91. The van der Waals surface area contributed by atoms with Crippen molar-refractivity contribution in [2.75, 3.05) is 30.4 Å². The number of amides is 1. The van der Waals surface area contributed by atoms with Crippen LogP contribution >= 0.6 is 0 Å². The minimum absolute atomic E-state index is 0.219. The Bertz CT molecular complexity index is 967. The lowest BCUT2D eigenvalue weighted by Gasteiger charge is -2.33. The van der Waals surface area contributed by atoms with E-state index in [4.69, 9.17) is 4.74 Å². The predicted octanol–water partition coefficient (Wildman–Crippen LogP) is 4.69. The number of ether oxygens (including phenoxy) is 1. The van der Waals surface area contributed by atoms with Crippen molar-refractivity contribution in [3.05, 3.63) is 72.3 Å². The maximum atomic E-state index is 13.1. The van der Waals surface area contributed by atoms with E-state index in [2.05, 4.69) is 15.2 Å². The molecule has 4 rings (SSSR count). The number of benzene rings is 2. The normalized spacial score (nSPS) is 16.6. The second kappa shape index (κ2) is 8.49. The fourth-order valence-corrected chi connectivity index (χ4v) is 3.65. The molecule has 5 nitrogen and oxygen atoms in total. The summed E-state index contributed by atoms with van der Waals surface area (Å²) in [4.78, 5) is 17.8. The molecule has 2 heterocycles. The van der Waals surface area contributed by atoms with Gasteiger partial charge in [-0.1, -0.05) is 12.1 Å². The Morgan fingerprint density at radius 2 is 1.90 bits per heavy atom. The van der Waals surface area contributed by atoms with E-state index < -0.39 is 0 Å². The molecule has 2 N–H and O–H groups in total. The van der Waals surface area contributed by atoms with Crippen LogP contribution in [-0.4, -0.2) is 37.2 Å². The van der Waals surface area contributed by atoms with Crippen LogP contribution in [0, 0.1) is 5.82 Å². The van der Waals surface area contributed by atoms with Gasteiger partial charge in [0, 0.05) is 37.8 Å². The van der Waals surface area contributed by atoms with E-state index in [-0.39, 0.29) is 17.8 Å². The lowest BCUT2D eigenvalue weighted by atomic mass is 10.1. The second-order valence-corrected chi connectivity index (χ2v) is 7.26. The molecule has 2 aromatic carbocycles. The topological polar surface area (TPSA) is 57.4 Å². The van der Waals surface area contributed by atoms with E-state index in [0.717, 1.165) is 48.4 Å². The number of halogens is 1. The SMILES string of the molecule is COC1CCCN(c2ccc(NC(=O)c3cc(-c4ccc(F)cc4)c[nH]3)cc2)C1. The van der Waals surface area contributed by atoms with Gasteiger partial charge < -0.3 is 19.9 Å². The van der Waals surface area contributed by atoms with Crippen LogP contribution in [0.3, 0.4) is 0 Å². The molecule has 1 atom stereocenters. The molecule has 1 amide bonds. The number of aromatic nitrogens is 1. The number of H-pyrrole nitrogens is 1. The van der Waals surface area contributed by atoms with Gasteiger partial charge in [-0.2, -0.15) is 0 Å². The van der Waals surface area contributed by atoms with Crippen LogP contribution in [0.5, 0.6) is 0 Å². The number of hydrogen-bond acceptors (Lipinski definition) is 3. The van der Waals surface area contributed by atoms with Gasteiger partial charge in [-0.25, -0.2) is 4.39 Å². The third kappa shape index (κ3) is 4.49. The fraction of sp³-hybridized carbons (Fsp3) is 0.261. The van der Waals surface area contributed by atoms with Gasteiger partial charge in [0.05, 0.1) is 6.10 Å². The van der Waals surface area contributed by atoms with Crippen molar-refractivity contribution < 1.29 is 13.9 Å². The Labute approximate surface area is 169 Å². The summed E-state index contributed by atoms with van der Waals surface area (Å²) in [7, 11) is 1.76. The molecule has 1 aromatic heterocycles. The fourth-order valence-electron chi connectivity index (χ4n) is 3.65. The molecule has 1 unspecified atom stereocenters. The zero-order valence-corrected chi connectivity index (χ0v) is 16.3. The molecule has 1 aliphatic rings. The summed E-state index contributed by atoms with van der Waals surface area (Å²) in [5.41, 5.74) is 4.00. The summed E-state index contributed by atoms with van der Waals surface area (Å²) in [6, 6.07) is 15.8. The van der Waals surface area contributed by atoms with Gasteiger partial charge in [0.15, 0.2) is 0 Å². The average molecular weight is 393 g/mol. The van der Waals surface area contributed by atoms with Crippen molar-refractivity contribution in [1.82, 2.24) is 4.98 Å². The minimum atomic E-state index is -0.284. The van der Waals surface area contributed by atoms with Gasteiger partial charge in [-0.15, -0.1) is 0 Å². The Balaban J connectivity index is 1.40. The van der Waals surface area contributed by atoms with Crippen LogP contribution in [0.15, 0.2) is 60.8 Å². The number of nitrogens with one attached hydrogen (secondary N) is 2. The third-order valence-corrected chi connectivity index (χ3v) is 5.31. The summed E-state index contributed by atoms with van der Waals surface area (Å²) in [5.74, 6) is -0.503. The molecular weight excluding hydrogens is 369 g/mol. The predicted molar refractivity (Wildman–Crippen MR) is 113 cm³/mol. The standard InChI is InChI=1S/C23H24FN3O2/c1-29-21-3-2-12-27(15-21)20-10-8-19(9-11-20)26-23(28)22-13-17(14-25-22)16-4-6-18(24)7-5-16/h4-11,13-14,21,25H,2-3,12,15H2,1H3,(H,26,28). The smallest absolute Gasteiger partial charge is 0.272 e. The Morgan fingerprint density at radius 1 is 1.14 bits per heavy atom. The molecule has 0 bridgehead atoms. The molecule has 1 saturated heterocycles. The highest BCUT2D eigenvalue weighted by Gasteiger charge is 2.19. The van der Waals surface area contributed by atoms with E-state index in [1.54, 1.807) is 31.5 Å². The summed E-state index contributed by atoms with van der Waals surface area (Å²) >= 11 is 0. The van der Waals surface area contributed by atoms with E-state index in [1.807, 2.05) is 24.3 Å². The van der Waals surface area contributed by atoms with Gasteiger partial charge >= 0.3 is 0 Å². The Morgan fingerprint density at radius 3 is 2.62 bits per heavy atom. The molecule has 3 aromatic rings. The van der Waals surface area contributed by atoms with E-state index in [9.17, 15) is 9.18 Å². The minimum Gasteiger partial charge on any atom is -0.380 e. The zero-order chi connectivity index (χ0) is 20.2. The summed E-state index contributed by atoms with van der Waals surface area (Å²) in [6.45, 7) is 1.90. The number of anilines is 2. The number of carbonyl (C=O) groups excluding carboxylic acids is 1. The zero-order valence-electron chi connectivity index (χ0n) is 16.3. The van der Waals surface area contributed by atoms with Crippen LogP contribution in [0.4, 0.5) is 15.8 Å². The van der Waals surface area contributed by atoms with Crippen molar-refractivity contribution in [3.8, 4) is 11.1 Å². The van der Waals surface area contributed by atoms with E-state index >= 15 is 0 Å².